The van der Waals surface area contributed by atoms with Gasteiger partial charge in [-0.05, 0) is 42.0 Å². The average Bonchev–Trinajstić information content (AvgIpc) is 2.68. The quantitative estimate of drug-likeness (QED) is 0.805. The van der Waals surface area contributed by atoms with Gasteiger partial charge in [-0.2, -0.15) is 0 Å². The third kappa shape index (κ3) is 4.22. The number of rotatable bonds is 5. The maximum Gasteiger partial charge on any atom is 0.227 e. The van der Waals surface area contributed by atoms with Crippen LogP contribution in [-0.4, -0.2) is 51.2 Å². The van der Waals surface area contributed by atoms with E-state index >= 15 is 0 Å². The minimum Gasteiger partial charge on any atom is -0.493 e. The number of carbonyl (C=O) groups is 1. The smallest absolute Gasteiger partial charge is 0.227 e. The van der Waals surface area contributed by atoms with Crippen molar-refractivity contribution in [3.05, 3.63) is 53.1 Å². The second-order valence-electron chi connectivity index (χ2n) is 6.21. The Kier molecular flexibility index (Phi) is 5.89. The molecule has 1 amide bonds. The number of anilines is 1. The molecule has 6 heteroatoms. The zero-order valence-corrected chi connectivity index (χ0v) is 15.8. The van der Waals surface area contributed by atoms with Crippen LogP contribution in [0.5, 0.6) is 11.5 Å². The molecule has 0 aromatic heterocycles. The molecule has 2 aromatic carbocycles. The fourth-order valence-electron chi connectivity index (χ4n) is 3.14. The minimum atomic E-state index is 0.132. The van der Waals surface area contributed by atoms with E-state index in [1.54, 1.807) is 14.2 Å². The lowest BCUT2D eigenvalue weighted by Gasteiger charge is -2.36. The van der Waals surface area contributed by atoms with Crippen molar-refractivity contribution in [2.45, 2.75) is 6.42 Å². The number of nitrogens with zero attached hydrogens (tertiary/aromatic N) is 2. The van der Waals surface area contributed by atoms with Crippen molar-refractivity contribution in [2.24, 2.45) is 0 Å². The summed E-state index contributed by atoms with van der Waals surface area (Å²) in [6.07, 6.45) is 0.362. The van der Waals surface area contributed by atoms with Gasteiger partial charge in [-0.1, -0.05) is 17.7 Å². The molecule has 5 nitrogen and oxygen atoms in total. The van der Waals surface area contributed by atoms with Crippen LogP contribution in [0.3, 0.4) is 0 Å². The number of hydrogen-bond acceptors (Lipinski definition) is 4. The summed E-state index contributed by atoms with van der Waals surface area (Å²) >= 11 is 5.94. The maximum atomic E-state index is 12.6. The van der Waals surface area contributed by atoms with Crippen LogP contribution < -0.4 is 14.4 Å². The molecule has 1 fully saturated rings. The number of hydrogen-bond donors (Lipinski definition) is 0. The van der Waals surface area contributed by atoms with E-state index in [4.69, 9.17) is 21.1 Å². The fourth-order valence-corrected chi connectivity index (χ4v) is 3.27. The van der Waals surface area contributed by atoms with E-state index in [1.165, 1.54) is 0 Å². The summed E-state index contributed by atoms with van der Waals surface area (Å²) in [5.74, 6) is 1.44. The molecule has 0 bridgehead atoms. The van der Waals surface area contributed by atoms with E-state index in [9.17, 15) is 4.79 Å². The van der Waals surface area contributed by atoms with Crippen LogP contribution in [0, 0.1) is 0 Å². The van der Waals surface area contributed by atoms with Crippen molar-refractivity contribution in [2.75, 3.05) is 45.3 Å². The number of ether oxygens (including phenoxy) is 2. The van der Waals surface area contributed by atoms with Crippen molar-refractivity contribution in [3.8, 4) is 11.5 Å². The number of piperazine rings is 1. The van der Waals surface area contributed by atoms with Crippen molar-refractivity contribution in [1.82, 2.24) is 4.90 Å². The first-order valence-corrected chi connectivity index (χ1v) is 8.97. The summed E-state index contributed by atoms with van der Waals surface area (Å²) in [7, 11) is 3.20. The zero-order chi connectivity index (χ0) is 18.5. The molecule has 0 atom stereocenters. The standard InChI is InChI=1S/C20H23ClN2O3/c1-25-18-8-3-15(13-19(18)26-2)14-20(24)23-11-9-22(10-12-23)17-6-4-16(21)5-7-17/h3-8,13H,9-12,14H2,1-2H3. The summed E-state index contributed by atoms with van der Waals surface area (Å²) in [4.78, 5) is 16.8. The molecule has 1 aliphatic heterocycles. The summed E-state index contributed by atoms with van der Waals surface area (Å²) in [5.41, 5.74) is 2.06. The first-order chi connectivity index (χ1) is 12.6. The minimum absolute atomic E-state index is 0.132. The Morgan fingerprint density at radius 3 is 2.23 bits per heavy atom. The van der Waals surface area contributed by atoms with Crippen LogP contribution in [0.15, 0.2) is 42.5 Å². The lowest BCUT2D eigenvalue weighted by Crippen LogP contribution is -2.49. The number of benzene rings is 2. The van der Waals surface area contributed by atoms with Gasteiger partial charge in [0, 0.05) is 36.9 Å². The molecule has 2 aromatic rings. The Morgan fingerprint density at radius 1 is 0.962 bits per heavy atom. The lowest BCUT2D eigenvalue weighted by atomic mass is 10.1. The third-order valence-electron chi connectivity index (χ3n) is 4.63. The normalized spacial score (nSPS) is 14.3. The molecule has 0 spiro atoms. The molecule has 0 N–H and O–H groups in total. The summed E-state index contributed by atoms with van der Waals surface area (Å²) in [6, 6.07) is 13.4. The Hall–Kier alpha value is -2.40. The Bertz CT molecular complexity index is 756. The summed E-state index contributed by atoms with van der Waals surface area (Å²) in [5, 5.41) is 0.734. The van der Waals surface area contributed by atoms with E-state index in [2.05, 4.69) is 4.90 Å². The molecule has 3 rings (SSSR count). The van der Waals surface area contributed by atoms with Gasteiger partial charge in [0.05, 0.1) is 20.6 Å². The van der Waals surface area contributed by atoms with E-state index in [0.717, 1.165) is 42.5 Å². The first kappa shape index (κ1) is 18.4. The van der Waals surface area contributed by atoms with Gasteiger partial charge in [-0.25, -0.2) is 0 Å². The molecule has 138 valence electrons. The highest BCUT2D eigenvalue weighted by Gasteiger charge is 2.21. The molecule has 1 saturated heterocycles. The molecule has 0 aliphatic carbocycles. The number of methoxy groups -OCH3 is 2. The molecule has 0 saturated carbocycles. The number of halogens is 1. The second kappa shape index (κ2) is 8.32. The van der Waals surface area contributed by atoms with Crippen LogP contribution in [0.1, 0.15) is 5.56 Å². The monoisotopic (exact) mass is 374 g/mol. The number of carbonyl (C=O) groups excluding carboxylic acids is 1. The zero-order valence-electron chi connectivity index (χ0n) is 15.1. The van der Waals surface area contributed by atoms with Crippen molar-refractivity contribution in [3.63, 3.8) is 0 Å². The predicted molar refractivity (Wildman–Crippen MR) is 103 cm³/mol. The maximum absolute atomic E-state index is 12.6. The van der Waals surface area contributed by atoms with Gasteiger partial charge in [-0.15, -0.1) is 0 Å². The first-order valence-electron chi connectivity index (χ1n) is 8.60. The third-order valence-corrected chi connectivity index (χ3v) is 4.88. The van der Waals surface area contributed by atoms with Crippen LogP contribution >= 0.6 is 11.6 Å². The van der Waals surface area contributed by atoms with Gasteiger partial charge in [0.2, 0.25) is 5.91 Å². The highest BCUT2D eigenvalue weighted by Crippen LogP contribution is 2.28. The van der Waals surface area contributed by atoms with Crippen molar-refractivity contribution in [1.29, 1.82) is 0 Å². The fraction of sp³-hybridized carbons (Fsp3) is 0.350. The largest absolute Gasteiger partial charge is 0.493 e. The summed E-state index contributed by atoms with van der Waals surface area (Å²) in [6.45, 7) is 3.07. The highest BCUT2D eigenvalue weighted by molar-refractivity contribution is 6.30. The van der Waals surface area contributed by atoms with Crippen LogP contribution in [0.2, 0.25) is 5.02 Å². The molecule has 1 aliphatic rings. The van der Waals surface area contributed by atoms with Gasteiger partial charge < -0.3 is 19.3 Å². The van der Waals surface area contributed by atoms with Crippen molar-refractivity contribution >= 4 is 23.2 Å². The summed E-state index contributed by atoms with van der Waals surface area (Å²) < 4.78 is 10.5. The number of amides is 1. The molecular weight excluding hydrogens is 352 g/mol. The SMILES string of the molecule is COc1ccc(CC(=O)N2CCN(c3ccc(Cl)cc3)CC2)cc1OC. The van der Waals surface area contributed by atoms with Gasteiger partial charge in [0.25, 0.3) is 0 Å². The second-order valence-corrected chi connectivity index (χ2v) is 6.65. The van der Waals surface area contributed by atoms with Gasteiger partial charge in [0.1, 0.15) is 0 Å². The molecule has 1 heterocycles. The molecule has 0 radical (unpaired) electrons. The van der Waals surface area contributed by atoms with Crippen LogP contribution in [-0.2, 0) is 11.2 Å². The topological polar surface area (TPSA) is 42.0 Å². The molecule has 26 heavy (non-hydrogen) atoms. The Balaban J connectivity index is 1.57. The van der Waals surface area contributed by atoms with E-state index in [-0.39, 0.29) is 5.91 Å². The van der Waals surface area contributed by atoms with E-state index in [1.807, 2.05) is 47.4 Å². The van der Waals surface area contributed by atoms with E-state index in [0.29, 0.717) is 17.9 Å². The van der Waals surface area contributed by atoms with Gasteiger partial charge in [-0.3, -0.25) is 4.79 Å². The predicted octanol–water partition coefficient (Wildman–Crippen LogP) is 3.25. The lowest BCUT2D eigenvalue weighted by molar-refractivity contribution is -0.130. The Labute approximate surface area is 159 Å². The molecular formula is C20H23ClN2O3. The Morgan fingerprint density at radius 2 is 1.62 bits per heavy atom. The van der Waals surface area contributed by atoms with E-state index < -0.39 is 0 Å². The van der Waals surface area contributed by atoms with Gasteiger partial charge in [0.15, 0.2) is 11.5 Å². The molecule has 0 unspecified atom stereocenters. The van der Waals surface area contributed by atoms with Crippen LogP contribution in [0.4, 0.5) is 5.69 Å². The van der Waals surface area contributed by atoms with Gasteiger partial charge >= 0.3 is 0 Å². The average molecular weight is 375 g/mol. The van der Waals surface area contributed by atoms with Crippen molar-refractivity contribution < 1.29 is 14.3 Å². The highest BCUT2D eigenvalue weighted by atomic mass is 35.5. The van der Waals surface area contributed by atoms with Crippen LogP contribution in [0.25, 0.3) is 0 Å².